The molecule has 1 aliphatic heterocycles. The van der Waals surface area contributed by atoms with Gasteiger partial charge < -0.3 is 25.0 Å². The number of rotatable bonds is 8. The topological polar surface area (TPSA) is 124 Å². The zero-order valence-corrected chi connectivity index (χ0v) is 21.4. The normalized spacial score (nSPS) is 15.2. The Labute approximate surface area is 217 Å². The number of aliphatic hydroxyl groups is 1. The number of aliphatic hydroxyl groups excluding tert-OH is 1. The summed E-state index contributed by atoms with van der Waals surface area (Å²) in [5.74, 6) is -0.0668. The number of carbonyl (C=O) groups is 2. The van der Waals surface area contributed by atoms with Gasteiger partial charge in [0.2, 0.25) is 5.78 Å². The highest BCUT2D eigenvalue weighted by Crippen LogP contribution is 2.36. The van der Waals surface area contributed by atoms with E-state index in [0.717, 1.165) is 9.88 Å². The maximum Gasteiger partial charge on any atom is 0.253 e. The van der Waals surface area contributed by atoms with E-state index in [0.29, 0.717) is 66.2 Å². The van der Waals surface area contributed by atoms with E-state index < -0.39 is 12.0 Å². The van der Waals surface area contributed by atoms with Gasteiger partial charge in [0.1, 0.15) is 16.5 Å². The van der Waals surface area contributed by atoms with Crippen molar-refractivity contribution in [3.05, 3.63) is 64.9 Å². The van der Waals surface area contributed by atoms with E-state index in [9.17, 15) is 14.7 Å². The van der Waals surface area contributed by atoms with Crippen molar-refractivity contribution in [2.24, 2.45) is 0 Å². The molecule has 0 radical (unpaired) electrons. The summed E-state index contributed by atoms with van der Waals surface area (Å²) in [5, 5.41) is 15.4. The fourth-order valence-electron chi connectivity index (χ4n) is 4.54. The number of ether oxygens (including phenoxy) is 1. The van der Waals surface area contributed by atoms with Crippen LogP contribution in [0.2, 0.25) is 0 Å². The summed E-state index contributed by atoms with van der Waals surface area (Å²) in [4.78, 5) is 42.9. The van der Waals surface area contributed by atoms with Crippen LogP contribution in [0.1, 0.15) is 25.6 Å². The van der Waals surface area contributed by atoms with Crippen molar-refractivity contribution in [1.82, 2.24) is 30.1 Å². The molecular formula is C26H28N6O4S. The number of Topliss-reactive ketones (excluding diaryl/α,β-unsaturated/α-hetero) is 1. The number of pyridine rings is 1. The third kappa shape index (κ3) is 4.86. The number of nitrogens with zero attached hydrogens (tertiary/aromatic N) is 4. The van der Waals surface area contributed by atoms with Gasteiger partial charge in [-0.1, -0.05) is 18.2 Å². The number of hydrogen-bond donors (Lipinski definition) is 3. The van der Waals surface area contributed by atoms with Crippen molar-refractivity contribution >= 4 is 33.9 Å². The Bertz CT molecular complexity index is 1410. The van der Waals surface area contributed by atoms with Crippen LogP contribution in [0.25, 0.3) is 21.6 Å². The van der Waals surface area contributed by atoms with Crippen molar-refractivity contribution in [2.45, 2.75) is 12.8 Å². The number of nitrogens with one attached hydrogen (secondary N) is 2. The Morgan fingerprint density at radius 2 is 1.92 bits per heavy atom. The lowest BCUT2D eigenvalue weighted by atomic mass is 10.1. The number of carbonyl (C=O) groups excluding carboxylic acids is 2. The maximum atomic E-state index is 13.5. The summed E-state index contributed by atoms with van der Waals surface area (Å²) in [6.45, 7) is 2.29. The van der Waals surface area contributed by atoms with Crippen LogP contribution < -0.4 is 10.1 Å². The highest BCUT2D eigenvalue weighted by atomic mass is 32.1. The molecule has 1 amide bonds. The van der Waals surface area contributed by atoms with E-state index in [1.807, 2.05) is 25.2 Å². The Kier molecular flexibility index (Phi) is 7.28. The first-order chi connectivity index (χ1) is 18.0. The first kappa shape index (κ1) is 25.0. The standard InChI is InChI=1S/C26H28N6O4S/c1-27-12-17-13-30-24(37-17)22-21-20(19(36-2)15-29-22)18(14-28-21)23(33)26(35)32-10-8-31(9-11-32)25(34)16-6-4-3-5-7-16/h3-7,13-15,26-28,35H,8-12H2,1-2H3. The SMILES string of the molecule is CNCc1cnc(-c2ncc(OC)c3c(C(=O)C(O)N4CCN(C(=O)c5ccccc5)CC4)c[nH]c23)s1. The minimum atomic E-state index is -1.35. The average molecular weight is 521 g/mol. The van der Waals surface area contributed by atoms with E-state index in [4.69, 9.17) is 4.74 Å². The number of H-pyrrole nitrogens is 1. The number of aromatic nitrogens is 3. The largest absolute Gasteiger partial charge is 0.494 e. The predicted octanol–water partition coefficient (Wildman–Crippen LogP) is 2.37. The molecule has 0 saturated carbocycles. The lowest BCUT2D eigenvalue weighted by Gasteiger charge is -2.36. The highest BCUT2D eigenvalue weighted by Gasteiger charge is 2.32. The lowest BCUT2D eigenvalue weighted by molar-refractivity contribution is -0.00956. The first-order valence-corrected chi connectivity index (χ1v) is 12.8. The van der Waals surface area contributed by atoms with Crippen LogP contribution in [-0.2, 0) is 6.54 Å². The van der Waals surface area contributed by atoms with Crippen molar-refractivity contribution in [2.75, 3.05) is 40.3 Å². The molecule has 4 aromatic rings. The highest BCUT2D eigenvalue weighted by molar-refractivity contribution is 7.15. The molecule has 10 nitrogen and oxygen atoms in total. The summed E-state index contributed by atoms with van der Waals surface area (Å²) in [7, 11) is 3.39. The van der Waals surface area contributed by atoms with Gasteiger partial charge >= 0.3 is 0 Å². The average Bonchev–Trinajstić information content (AvgIpc) is 3.60. The van der Waals surface area contributed by atoms with Crippen molar-refractivity contribution in [3.63, 3.8) is 0 Å². The van der Waals surface area contributed by atoms with E-state index in [1.165, 1.54) is 18.4 Å². The monoisotopic (exact) mass is 520 g/mol. The molecular weight excluding hydrogens is 492 g/mol. The minimum Gasteiger partial charge on any atom is -0.494 e. The minimum absolute atomic E-state index is 0.0532. The third-order valence-electron chi connectivity index (χ3n) is 6.47. The molecule has 0 spiro atoms. The van der Waals surface area contributed by atoms with Crippen LogP contribution in [0, 0.1) is 0 Å². The molecule has 37 heavy (non-hydrogen) atoms. The number of benzene rings is 1. The Hall–Kier alpha value is -3.64. The Morgan fingerprint density at radius 1 is 1.16 bits per heavy atom. The van der Waals surface area contributed by atoms with Crippen molar-refractivity contribution in [1.29, 1.82) is 0 Å². The number of hydrogen-bond acceptors (Lipinski definition) is 9. The van der Waals surface area contributed by atoms with Gasteiger partial charge in [0.25, 0.3) is 5.91 Å². The number of amides is 1. The summed E-state index contributed by atoms with van der Waals surface area (Å²) in [5.41, 5.74) is 2.18. The van der Waals surface area contributed by atoms with Gasteiger partial charge in [-0.05, 0) is 19.2 Å². The van der Waals surface area contributed by atoms with Gasteiger partial charge in [0.05, 0.1) is 29.8 Å². The number of thiazole rings is 1. The van der Waals surface area contributed by atoms with Crippen LogP contribution >= 0.6 is 11.3 Å². The third-order valence-corrected chi connectivity index (χ3v) is 7.47. The molecule has 1 atom stereocenters. The van der Waals surface area contributed by atoms with Crippen LogP contribution in [0.4, 0.5) is 0 Å². The number of fused-ring (bicyclic) bond motifs is 1. The molecule has 1 saturated heterocycles. The van der Waals surface area contributed by atoms with Gasteiger partial charge in [0.15, 0.2) is 6.23 Å². The fraction of sp³-hybridized carbons (Fsp3) is 0.308. The van der Waals surface area contributed by atoms with Gasteiger partial charge in [-0.3, -0.25) is 14.5 Å². The Balaban J connectivity index is 1.36. The maximum absolute atomic E-state index is 13.5. The second-order valence-corrected chi connectivity index (χ2v) is 9.84. The van der Waals surface area contributed by atoms with Crippen LogP contribution in [0.5, 0.6) is 5.75 Å². The number of ketones is 1. The molecule has 1 unspecified atom stereocenters. The number of aromatic amines is 1. The lowest BCUT2D eigenvalue weighted by Crippen LogP contribution is -2.54. The molecule has 1 aliphatic rings. The van der Waals surface area contributed by atoms with Crippen LogP contribution in [0.15, 0.2) is 48.9 Å². The van der Waals surface area contributed by atoms with Crippen LogP contribution in [-0.4, -0.2) is 88.1 Å². The van der Waals surface area contributed by atoms with Gasteiger partial charge in [0, 0.05) is 55.6 Å². The molecule has 0 aliphatic carbocycles. The molecule has 5 rings (SSSR count). The number of piperazine rings is 1. The summed E-state index contributed by atoms with van der Waals surface area (Å²) in [6.07, 6.45) is 3.61. The van der Waals surface area contributed by atoms with E-state index >= 15 is 0 Å². The molecule has 1 fully saturated rings. The van der Waals surface area contributed by atoms with Crippen LogP contribution in [0.3, 0.4) is 0 Å². The van der Waals surface area contributed by atoms with Gasteiger partial charge in [-0.15, -0.1) is 11.3 Å². The van der Waals surface area contributed by atoms with E-state index in [2.05, 4.69) is 20.3 Å². The van der Waals surface area contributed by atoms with E-state index in [-0.39, 0.29) is 5.91 Å². The zero-order chi connectivity index (χ0) is 25.9. The fourth-order valence-corrected chi connectivity index (χ4v) is 5.47. The molecule has 1 aromatic carbocycles. The quantitative estimate of drug-likeness (QED) is 0.303. The summed E-state index contributed by atoms with van der Waals surface area (Å²) in [6, 6.07) is 9.10. The zero-order valence-electron chi connectivity index (χ0n) is 20.6. The van der Waals surface area contributed by atoms with Crippen molar-refractivity contribution < 1.29 is 19.4 Å². The second kappa shape index (κ2) is 10.8. The summed E-state index contributed by atoms with van der Waals surface area (Å²) < 4.78 is 5.52. The van der Waals surface area contributed by atoms with Gasteiger partial charge in [-0.25, -0.2) is 9.97 Å². The first-order valence-electron chi connectivity index (χ1n) is 12.0. The number of methoxy groups -OCH3 is 1. The van der Waals surface area contributed by atoms with Crippen molar-refractivity contribution in [3.8, 4) is 16.5 Å². The second-order valence-electron chi connectivity index (χ2n) is 8.72. The molecule has 11 heteroatoms. The van der Waals surface area contributed by atoms with Gasteiger partial charge in [-0.2, -0.15) is 0 Å². The molecule has 4 heterocycles. The molecule has 192 valence electrons. The Morgan fingerprint density at radius 3 is 2.62 bits per heavy atom. The summed E-state index contributed by atoms with van der Waals surface area (Å²) >= 11 is 1.51. The predicted molar refractivity (Wildman–Crippen MR) is 141 cm³/mol. The molecule has 3 N–H and O–H groups in total. The smallest absolute Gasteiger partial charge is 0.253 e. The van der Waals surface area contributed by atoms with E-state index in [1.54, 1.807) is 40.5 Å². The molecule has 3 aromatic heterocycles. The molecule has 0 bridgehead atoms.